The smallest absolute Gasteiger partial charge is 0.204 e. The Hall–Kier alpha value is -1.75. The van der Waals surface area contributed by atoms with E-state index in [1.54, 1.807) is 6.92 Å². The van der Waals surface area contributed by atoms with Crippen molar-refractivity contribution in [3.05, 3.63) is 40.2 Å². The molecule has 0 aliphatic heterocycles. The number of benzene rings is 1. The van der Waals surface area contributed by atoms with Crippen LogP contribution in [0.1, 0.15) is 11.1 Å². The summed E-state index contributed by atoms with van der Waals surface area (Å²) >= 11 is 5.68. The Bertz CT molecular complexity index is 587. The summed E-state index contributed by atoms with van der Waals surface area (Å²) in [6.45, 7) is 0.657. The predicted octanol–water partition coefficient (Wildman–Crippen LogP) is 3.46. The maximum atomic E-state index is 13.5. The van der Waals surface area contributed by atoms with E-state index in [0.717, 1.165) is 16.7 Å². The van der Waals surface area contributed by atoms with Gasteiger partial charge in [-0.2, -0.15) is 0 Å². The maximum absolute atomic E-state index is 13.5. The minimum Gasteiger partial charge on any atom is -0.494 e. The van der Waals surface area contributed by atoms with Crippen LogP contribution >= 0.6 is 11.6 Å². The molecule has 0 saturated heterocycles. The average Bonchev–Trinajstić information content (AvgIpc) is 2.60. The molecule has 1 heterocycles. The van der Waals surface area contributed by atoms with Gasteiger partial charge < -0.3 is 10.2 Å². The summed E-state index contributed by atoms with van der Waals surface area (Å²) in [7, 11) is 0. The van der Waals surface area contributed by atoms with E-state index in [9.17, 15) is 19.0 Å². The molecule has 1 aromatic heterocycles. The molecule has 2 N–H and O–H groups in total. The average molecular weight is 274 g/mol. The Labute approximate surface area is 107 Å². The quantitative estimate of drug-likeness (QED) is 0.880. The second kappa shape index (κ2) is 4.49. The predicted molar refractivity (Wildman–Crippen MR) is 63.6 cm³/mol. The number of aryl methyl sites for hydroxylation is 1. The lowest BCUT2D eigenvalue weighted by Gasteiger charge is -2.09. The van der Waals surface area contributed by atoms with Crippen LogP contribution in [-0.4, -0.2) is 14.8 Å². The fraction of sp³-hybridized carbons (Fsp3) is 0.167. The zero-order valence-electron chi connectivity index (χ0n) is 9.41. The normalized spacial score (nSPS) is 10.9. The molecule has 0 unspecified atom stereocenters. The van der Waals surface area contributed by atoms with Gasteiger partial charge in [0.1, 0.15) is 12.5 Å². The highest BCUT2D eigenvalue weighted by Crippen LogP contribution is 2.34. The van der Waals surface area contributed by atoms with E-state index < -0.39 is 18.4 Å². The molecule has 3 nitrogen and oxygen atoms in total. The van der Waals surface area contributed by atoms with Crippen molar-refractivity contribution in [2.45, 2.75) is 13.6 Å². The third-order valence-electron chi connectivity index (χ3n) is 2.63. The Kier molecular flexibility index (Phi) is 3.17. The van der Waals surface area contributed by atoms with Crippen molar-refractivity contribution in [3.63, 3.8) is 0 Å². The van der Waals surface area contributed by atoms with E-state index in [4.69, 9.17) is 11.6 Å². The number of alkyl halides is 1. The SMILES string of the molecule is Cc1cc(-n2c(O)cc(CF)c2O)cc(F)c1Cl. The third kappa shape index (κ3) is 1.90. The van der Waals surface area contributed by atoms with E-state index >= 15 is 0 Å². The number of rotatable bonds is 2. The highest BCUT2D eigenvalue weighted by molar-refractivity contribution is 6.31. The number of aromatic hydroxyl groups is 2. The topological polar surface area (TPSA) is 45.4 Å². The molecule has 0 bridgehead atoms. The van der Waals surface area contributed by atoms with Crippen molar-refractivity contribution < 1.29 is 19.0 Å². The summed E-state index contributed by atoms with van der Waals surface area (Å²) in [4.78, 5) is 0. The monoisotopic (exact) mass is 273 g/mol. The minimum absolute atomic E-state index is 0.0319. The van der Waals surface area contributed by atoms with Crippen molar-refractivity contribution in [1.29, 1.82) is 0 Å². The summed E-state index contributed by atoms with van der Waals surface area (Å²) in [5, 5.41) is 19.3. The lowest BCUT2D eigenvalue weighted by molar-refractivity contribution is 0.393. The molecule has 2 rings (SSSR count). The number of aromatic nitrogens is 1. The van der Waals surface area contributed by atoms with Gasteiger partial charge in [0, 0.05) is 11.6 Å². The van der Waals surface area contributed by atoms with E-state index in [-0.39, 0.29) is 22.2 Å². The molecule has 0 fully saturated rings. The zero-order valence-corrected chi connectivity index (χ0v) is 10.2. The van der Waals surface area contributed by atoms with Crippen LogP contribution in [0.15, 0.2) is 18.2 Å². The number of hydrogen-bond acceptors (Lipinski definition) is 2. The van der Waals surface area contributed by atoms with Gasteiger partial charge in [-0.05, 0) is 24.6 Å². The highest BCUT2D eigenvalue weighted by Gasteiger charge is 2.17. The second-order valence-electron chi connectivity index (χ2n) is 3.88. The molecule has 0 atom stereocenters. The van der Waals surface area contributed by atoms with Crippen LogP contribution in [0.25, 0.3) is 5.69 Å². The lowest BCUT2D eigenvalue weighted by atomic mass is 10.2. The van der Waals surface area contributed by atoms with E-state index in [1.165, 1.54) is 6.07 Å². The molecular weight excluding hydrogens is 264 g/mol. The number of nitrogens with zero attached hydrogens (tertiary/aromatic N) is 1. The van der Waals surface area contributed by atoms with Gasteiger partial charge in [0.05, 0.1) is 10.7 Å². The summed E-state index contributed by atoms with van der Waals surface area (Å²) in [5.41, 5.74) is 0.547. The minimum atomic E-state index is -0.929. The summed E-state index contributed by atoms with van der Waals surface area (Å²) in [5.74, 6) is -1.52. The van der Waals surface area contributed by atoms with Gasteiger partial charge in [-0.25, -0.2) is 8.78 Å². The van der Waals surface area contributed by atoms with Crippen LogP contribution in [0.4, 0.5) is 8.78 Å². The first-order valence-corrected chi connectivity index (χ1v) is 5.48. The molecule has 1 aromatic carbocycles. The Morgan fingerprint density at radius 2 is 1.94 bits per heavy atom. The molecule has 0 radical (unpaired) electrons. The second-order valence-corrected chi connectivity index (χ2v) is 4.26. The fourth-order valence-corrected chi connectivity index (χ4v) is 1.84. The van der Waals surface area contributed by atoms with Crippen LogP contribution in [0, 0.1) is 12.7 Å². The zero-order chi connectivity index (χ0) is 13.4. The molecule has 0 saturated carbocycles. The third-order valence-corrected chi connectivity index (χ3v) is 3.11. The van der Waals surface area contributed by atoms with Crippen molar-refractivity contribution >= 4 is 11.6 Å². The number of halogens is 3. The molecule has 18 heavy (non-hydrogen) atoms. The van der Waals surface area contributed by atoms with Crippen molar-refractivity contribution in [2.75, 3.05) is 0 Å². The van der Waals surface area contributed by atoms with Gasteiger partial charge >= 0.3 is 0 Å². The first-order valence-electron chi connectivity index (χ1n) is 5.10. The van der Waals surface area contributed by atoms with Gasteiger partial charge in [0.2, 0.25) is 5.88 Å². The van der Waals surface area contributed by atoms with Crippen LogP contribution in [0.3, 0.4) is 0 Å². The Balaban J connectivity index is 2.66. The van der Waals surface area contributed by atoms with Crippen LogP contribution < -0.4 is 0 Å². The van der Waals surface area contributed by atoms with Crippen LogP contribution in [0.2, 0.25) is 5.02 Å². The van der Waals surface area contributed by atoms with E-state index in [2.05, 4.69) is 0 Å². The molecule has 0 aliphatic rings. The molecule has 0 amide bonds. The standard InChI is InChI=1S/C12H10ClF2NO2/c1-6-2-8(4-9(15)11(6)13)16-10(17)3-7(5-14)12(16)18/h2-4,17-18H,5H2,1H3. The molecular formula is C12H10ClF2NO2. The highest BCUT2D eigenvalue weighted by atomic mass is 35.5. The summed E-state index contributed by atoms with van der Waals surface area (Å²) < 4.78 is 27.0. The summed E-state index contributed by atoms with van der Waals surface area (Å²) in [6, 6.07) is 3.61. The van der Waals surface area contributed by atoms with Gasteiger partial charge in [0.25, 0.3) is 0 Å². The molecule has 2 aromatic rings. The largest absolute Gasteiger partial charge is 0.494 e. The molecule has 96 valence electrons. The van der Waals surface area contributed by atoms with Gasteiger partial charge in [-0.1, -0.05) is 11.6 Å². The summed E-state index contributed by atoms with van der Waals surface area (Å²) in [6.07, 6.45) is 0. The van der Waals surface area contributed by atoms with Gasteiger partial charge in [-0.3, -0.25) is 4.57 Å². The number of hydrogen-bond donors (Lipinski definition) is 2. The first-order chi connectivity index (χ1) is 8.45. The first kappa shape index (κ1) is 12.7. The molecule has 0 spiro atoms. The Morgan fingerprint density at radius 1 is 1.28 bits per heavy atom. The van der Waals surface area contributed by atoms with Gasteiger partial charge in [-0.15, -0.1) is 0 Å². The molecule has 0 aliphatic carbocycles. The molecule has 6 heteroatoms. The van der Waals surface area contributed by atoms with Crippen molar-refractivity contribution in [2.24, 2.45) is 0 Å². The van der Waals surface area contributed by atoms with E-state index in [0.29, 0.717) is 5.56 Å². The maximum Gasteiger partial charge on any atom is 0.204 e. The van der Waals surface area contributed by atoms with E-state index in [1.807, 2.05) is 0 Å². The van der Waals surface area contributed by atoms with Crippen molar-refractivity contribution in [3.8, 4) is 17.4 Å². The van der Waals surface area contributed by atoms with Crippen LogP contribution in [0.5, 0.6) is 11.8 Å². The van der Waals surface area contributed by atoms with Crippen LogP contribution in [-0.2, 0) is 6.67 Å². The Morgan fingerprint density at radius 3 is 2.44 bits per heavy atom. The fourth-order valence-electron chi connectivity index (χ4n) is 1.73. The van der Waals surface area contributed by atoms with Crippen molar-refractivity contribution in [1.82, 2.24) is 4.57 Å². The lowest BCUT2D eigenvalue weighted by Crippen LogP contribution is -1.96. The van der Waals surface area contributed by atoms with Gasteiger partial charge in [0.15, 0.2) is 5.88 Å².